The lowest BCUT2D eigenvalue weighted by atomic mass is 9.94. The highest BCUT2D eigenvalue weighted by molar-refractivity contribution is 6.16. The van der Waals surface area contributed by atoms with E-state index in [0.717, 1.165) is 89.0 Å². The molecule has 332 valence electrons. The molecule has 14 aromatic rings. The van der Waals surface area contributed by atoms with Gasteiger partial charge < -0.3 is 13.9 Å². The monoisotopic (exact) mass is 904 g/mol. The van der Waals surface area contributed by atoms with Gasteiger partial charge in [0.2, 0.25) is 0 Å². The van der Waals surface area contributed by atoms with Gasteiger partial charge in [0.1, 0.15) is 11.2 Å². The Morgan fingerprint density at radius 1 is 0.296 bits per heavy atom. The van der Waals surface area contributed by atoms with Crippen molar-refractivity contribution >= 4 is 82.4 Å². The molecule has 0 aliphatic carbocycles. The van der Waals surface area contributed by atoms with Gasteiger partial charge in [-0.15, -0.1) is 0 Å². The molecule has 3 heteroatoms. The Balaban J connectivity index is 0.942. The molecule has 0 atom stereocenters. The number of para-hydroxylation sites is 3. The Labute approximate surface area is 411 Å². The van der Waals surface area contributed by atoms with Crippen molar-refractivity contribution in [1.29, 1.82) is 0 Å². The van der Waals surface area contributed by atoms with Crippen molar-refractivity contribution in [2.45, 2.75) is 0 Å². The first-order chi connectivity index (χ1) is 35.2. The minimum absolute atomic E-state index is 0.878. The fourth-order valence-electron chi connectivity index (χ4n) is 10.9. The van der Waals surface area contributed by atoms with Gasteiger partial charge in [0, 0.05) is 49.4 Å². The van der Waals surface area contributed by atoms with Crippen molar-refractivity contribution in [3.05, 3.63) is 267 Å². The highest BCUT2D eigenvalue weighted by atomic mass is 16.3. The Hall–Kier alpha value is -9.44. The van der Waals surface area contributed by atoms with Gasteiger partial charge >= 0.3 is 0 Å². The molecule has 2 heterocycles. The minimum Gasteiger partial charge on any atom is -0.455 e. The first-order valence-corrected chi connectivity index (χ1v) is 24.3. The number of fused-ring (bicyclic) bond motifs is 9. The first-order valence-electron chi connectivity index (χ1n) is 24.3. The third-order valence-corrected chi connectivity index (χ3v) is 14.4. The Morgan fingerprint density at radius 2 is 0.887 bits per heavy atom. The molecule has 0 aliphatic heterocycles. The van der Waals surface area contributed by atoms with Crippen molar-refractivity contribution in [1.82, 2.24) is 4.57 Å². The second kappa shape index (κ2) is 16.7. The standard InChI is InChI=1S/C68H44N2O/c1-2-16-47(17-3-1)61-43-52(51-30-29-45-15-4-5-19-49(45)41-51)34-39-66(61)69(63-26-11-8-22-56(63)53-35-40-67-62(44-53)60-38-33-48-18-6-7-23-57(48)68(60)71-67)54-36-31-46(32-37-54)50-20-14-21-55(42-50)70-64-27-12-9-24-58(64)59-25-10-13-28-65(59)70/h1-44H. The minimum atomic E-state index is 0.878. The molecule has 0 N–H and O–H groups in total. The summed E-state index contributed by atoms with van der Waals surface area (Å²) in [5.41, 5.74) is 17.7. The van der Waals surface area contributed by atoms with E-state index in [4.69, 9.17) is 4.42 Å². The average Bonchev–Trinajstić information content (AvgIpc) is 4.00. The summed E-state index contributed by atoms with van der Waals surface area (Å²) in [6.45, 7) is 0. The molecule has 0 spiro atoms. The molecule has 0 saturated carbocycles. The summed E-state index contributed by atoms with van der Waals surface area (Å²) < 4.78 is 9.00. The third-order valence-electron chi connectivity index (χ3n) is 14.4. The number of nitrogens with zero attached hydrogens (tertiary/aromatic N) is 2. The number of furan rings is 1. The summed E-state index contributed by atoms with van der Waals surface area (Å²) in [6, 6.07) is 96.9. The van der Waals surface area contributed by atoms with Gasteiger partial charge in [-0.25, -0.2) is 0 Å². The topological polar surface area (TPSA) is 21.3 Å². The number of hydrogen-bond acceptors (Lipinski definition) is 2. The van der Waals surface area contributed by atoms with Crippen molar-refractivity contribution < 1.29 is 4.42 Å². The second-order valence-electron chi connectivity index (χ2n) is 18.5. The number of benzene rings is 12. The molecule has 0 amide bonds. The summed E-state index contributed by atoms with van der Waals surface area (Å²) in [6.07, 6.45) is 0. The van der Waals surface area contributed by atoms with Crippen LogP contribution in [0.5, 0.6) is 0 Å². The van der Waals surface area contributed by atoms with Crippen LogP contribution in [0.3, 0.4) is 0 Å². The van der Waals surface area contributed by atoms with E-state index in [1.54, 1.807) is 0 Å². The van der Waals surface area contributed by atoms with E-state index in [-0.39, 0.29) is 0 Å². The van der Waals surface area contributed by atoms with Gasteiger partial charge in [-0.1, -0.05) is 188 Å². The molecule has 0 saturated heterocycles. The van der Waals surface area contributed by atoms with Gasteiger partial charge in [0.25, 0.3) is 0 Å². The molecule has 0 bridgehead atoms. The van der Waals surface area contributed by atoms with E-state index in [1.807, 2.05) is 0 Å². The van der Waals surface area contributed by atoms with Gasteiger partial charge in [-0.2, -0.15) is 0 Å². The van der Waals surface area contributed by atoms with E-state index >= 15 is 0 Å². The lowest BCUT2D eigenvalue weighted by Crippen LogP contribution is -2.12. The van der Waals surface area contributed by atoms with Crippen LogP contribution in [0.25, 0.3) is 115 Å². The predicted octanol–water partition coefficient (Wildman–Crippen LogP) is 19.1. The fourth-order valence-corrected chi connectivity index (χ4v) is 10.9. The normalized spacial score (nSPS) is 11.7. The van der Waals surface area contributed by atoms with E-state index in [0.29, 0.717) is 0 Å². The zero-order valence-corrected chi connectivity index (χ0v) is 38.7. The van der Waals surface area contributed by atoms with Crippen LogP contribution >= 0.6 is 0 Å². The predicted molar refractivity (Wildman–Crippen MR) is 299 cm³/mol. The quantitative estimate of drug-likeness (QED) is 0.151. The Kier molecular flexibility index (Phi) is 9.53. The van der Waals surface area contributed by atoms with Crippen LogP contribution in [-0.4, -0.2) is 4.57 Å². The Bertz CT molecular complexity index is 4300. The maximum absolute atomic E-state index is 6.61. The van der Waals surface area contributed by atoms with Crippen LogP contribution in [-0.2, 0) is 0 Å². The zero-order valence-electron chi connectivity index (χ0n) is 38.7. The van der Waals surface area contributed by atoms with Crippen LogP contribution in [0.2, 0.25) is 0 Å². The van der Waals surface area contributed by atoms with E-state index < -0.39 is 0 Å². The van der Waals surface area contributed by atoms with Crippen molar-refractivity contribution in [3.63, 3.8) is 0 Å². The molecular formula is C68H44N2O. The van der Waals surface area contributed by atoms with Crippen molar-refractivity contribution in [3.8, 4) is 50.2 Å². The third kappa shape index (κ3) is 6.89. The molecule has 0 unspecified atom stereocenters. The largest absolute Gasteiger partial charge is 0.455 e. The van der Waals surface area contributed by atoms with E-state index in [2.05, 4.69) is 276 Å². The summed E-state index contributed by atoms with van der Waals surface area (Å²) in [5, 5.41) is 9.47. The van der Waals surface area contributed by atoms with Gasteiger partial charge in [-0.3, -0.25) is 0 Å². The van der Waals surface area contributed by atoms with Gasteiger partial charge in [0.15, 0.2) is 0 Å². The van der Waals surface area contributed by atoms with Crippen LogP contribution in [0.15, 0.2) is 271 Å². The van der Waals surface area contributed by atoms with Crippen LogP contribution in [0.4, 0.5) is 17.1 Å². The smallest absolute Gasteiger partial charge is 0.143 e. The summed E-state index contributed by atoms with van der Waals surface area (Å²) in [4.78, 5) is 2.45. The molecule has 0 fully saturated rings. The van der Waals surface area contributed by atoms with E-state index in [9.17, 15) is 0 Å². The number of rotatable bonds is 8. The van der Waals surface area contributed by atoms with Crippen LogP contribution < -0.4 is 4.90 Å². The molecule has 3 nitrogen and oxygen atoms in total. The maximum Gasteiger partial charge on any atom is 0.143 e. The summed E-state index contributed by atoms with van der Waals surface area (Å²) in [5.74, 6) is 0. The fraction of sp³-hybridized carbons (Fsp3) is 0. The maximum atomic E-state index is 6.61. The first kappa shape index (κ1) is 40.6. The lowest BCUT2D eigenvalue weighted by molar-refractivity contribution is 0.672. The van der Waals surface area contributed by atoms with Gasteiger partial charge in [-0.05, 0) is 128 Å². The van der Waals surface area contributed by atoms with Crippen molar-refractivity contribution in [2.24, 2.45) is 0 Å². The zero-order chi connectivity index (χ0) is 46.8. The highest BCUT2D eigenvalue weighted by Crippen LogP contribution is 2.47. The molecule has 0 aliphatic rings. The molecule has 14 rings (SSSR count). The Morgan fingerprint density at radius 3 is 1.70 bits per heavy atom. The number of hydrogen-bond donors (Lipinski definition) is 0. The summed E-state index contributed by atoms with van der Waals surface area (Å²) in [7, 11) is 0. The highest BCUT2D eigenvalue weighted by Gasteiger charge is 2.23. The molecule has 71 heavy (non-hydrogen) atoms. The SMILES string of the molecule is c1ccc(-c2cc(-c3ccc4ccccc4c3)ccc2N(c2ccc(-c3cccc(-n4c5ccccc5c5ccccc54)c3)cc2)c2ccccc2-c2ccc3oc4c5ccccc5ccc4c3c2)cc1. The van der Waals surface area contributed by atoms with Crippen LogP contribution in [0, 0.1) is 0 Å². The molecular weight excluding hydrogens is 861 g/mol. The molecule has 2 aromatic heterocycles. The summed E-state index contributed by atoms with van der Waals surface area (Å²) >= 11 is 0. The van der Waals surface area contributed by atoms with Crippen molar-refractivity contribution in [2.75, 3.05) is 4.90 Å². The van der Waals surface area contributed by atoms with Crippen LogP contribution in [0.1, 0.15) is 0 Å². The molecule has 0 radical (unpaired) electrons. The number of anilines is 3. The average molecular weight is 905 g/mol. The van der Waals surface area contributed by atoms with Gasteiger partial charge in [0.05, 0.1) is 22.4 Å². The lowest BCUT2D eigenvalue weighted by Gasteiger charge is -2.30. The van der Waals surface area contributed by atoms with E-state index in [1.165, 1.54) is 43.5 Å². The molecule has 12 aromatic carbocycles. The number of aromatic nitrogens is 1. The second-order valence-corrected chi connectivity index (χ2v) is 18.5.